The molecule has 35 heavy (non-hydrogen) atoms. The largest absolute Gasteiger partial charge is 0.491 e. The summed E-state index contributed by atoms with van der Waals surface area (Å²) in [6.07, 6.45) is 1.41. The van der Waals surface area contributed by atoms with Gasteiger partial charge in [-0.3, -0.25) is 9.36 Å². The topological polar surface area (TPSA) is 107 Å². The molecule has 0 saturated heterocycles. The van der Waals surface area contributed by atoms with Crippen LogP contribution in [0.2, 0.25) is 0 Å². The fourth-order valence-corrected chi connectivity index (χ4v) is 5.05. The molecule has 9 heteroatoms. The normalized spacial score (nSPS) is 15.6. The monoisotopic (exact) mass is 492 g/mol. The number of carbonyl (C=O) groups excluding carboxylic acids is 1. The third-order valence-corrected chi connectivity index (χ3v) is 6.46. The Morgan fingerprint density at radius 2 is 1.83 bits per heavy atom. The van der Waals surface area contributed by atoms with Gasteiger partial charge in [0.25, 0.3) is 5.56 Å². The van der Waals surface area contributed by atoms with Gasteiger partial charge in [-0.25, -0.2) is 14.6 Å². The fourth-order valence-electron chi connectivity index (χ4n) is 4.01. The lowest BCUT2D eigenvalue weighted by molar-refractivity contribution is -0.136. The number of rotatable bonds is 6. The zero-order valence-corrected chi connectivity index (χ0v) is 20.5. The van der Waals surface area contributed by atoms with Crippen LogP contribution >= 0.6 is 11.3 Å². The number of aromatic carboxylic acids is 1. The number of carbonyl (C=O) groups is 2. The highest BCUT2D eigenvalue weighted by molar-refractivity contribution is 7.07. The third-order valence-electron chi connectivity index (χ3n) is 5.48. The van der Waals surface area contributed by atoms with Crippen LogP contribution in [0.1, 0.15) is 48.3 Å². The molecule has 2 heterocycles. The number of nitrogens with zero attached hydrogens (tertiary/aromatic N) is 2. The maximum absolute atomic E-state index is 13.7. The van der Waals surface area contributed by atoms with Crippen LogP contribution in [-0.2, 0) is 9.53 Å². The van der Waals surface area contributed by atoms with E-state index < -0.39 is 23.5 Å². The summed E-state index contributed by atoms with van der Waals surface area (Å²) < 4.78 is 12.8. The van der Waals surface area contributed by atoms with E-state index in [1.807, 2.05) is 26.0 Å². The first-order chi connectivity index (χ1) is 16.7. The molecule has 2 aromatic carbocycles. The number of fused-ring (bicyclic) bond motifs is 1. The Labute approximate surface area is 205 Å². The van der Waals surface area contributed by atoms with Crippen molar-refractivity contribution in [2.45, 2.75) is 32.9 Å². The molecule has 0 fully saturated rings. The molecule has 0 radical (unpaired) electrons. The van der Waals surface area contributed by atoms with Gasteiger partial charge in [0.05, 0.1) is 34.6 Å². The maximum atomic E-state index is 13.7. The predicted octanol–water partition coefficient (Wildman–Crippen LogP) is 2.89. The number of methoxy groups -OCH3 is 1. The molecule has 1 N–H and O–H groups in total. The van der Waals surface area contributed by atoms with Crippen molar-refractivity contribution in [2.24, 2.45) is 4.99 Å². The van der Waals surface area contributed by atoms with Crippen molar-refractivity contribution in [1.29, 1.82) is 0 Å². The van der Waals surface area contributed by atoms with Crippen LogP contribution in [0.3, 0.4) is 0 Å². The highest BCUT2D eigenvalue weighted by Gasteiger charge is 2.35. The van der Waals surface area contributed by atoms with Crippen molar-refractivity contribution in [1.82, 2.24) is 4.57 Å². The van der Waals surface area contributed by atoms with Crippen LogP contribution in [0.25, 0.3) is 6.08 Å². The highest BCUT2D eigenvalue weighted by Crippen LogP contribution is 2.36. The Morgan fingerprint density at radius 3 is 2.51 bits per heavy atom. The van der Waals surface area contributed by atoms with Gasteiger partial charge in [-0.1, -0.05) is 47.7 Å². The Bertz CT molecular complexity index is 1530. The van der Waals surface area contributed by atoms with Crippen LogP contribution in [0.4, 0.5) is 0 Å². The number of esters is 1. The second kappa shape index (κ2) is 9.71. The Kier molecular flexibility index (Phi) is 6.70. The first kappa shape index (κ1) is 24.2. The van der Waals surface area contributed by atoms with E-state index in [1.165, 1.54) is 23.8 Å². The summed E-state index contributed by atoms with van der Waals surface area (Å²) in [7, 11) is 1.28. The van der Waals surface area contributed by atoms with Crippen molar-refractivity contribution in [2.75, 3.05) is 7.11 Å². The second-order valence-corrected chi connectivity index (χ2v) is 9.18. The molecule has 0 amide bonds. The molecule has 3 aromatic rings. The van der Waals surface area contributed by atoms with Gasteiger partial charge in [-0.15, -0.1) is 0 Å². The molecule has 1 atom stereocenters. The lowest BCUT2D eigenvalue weighted by atomic mass is 9.95. The quantitative estimate of drug-likeness (QED) is 0.531. The molecule has 0 aliphatic carbocycles. The molecule has 0 saturated carbocycles. The van der Waals surface area contributed by atoms with E-state index in [1.54, 1.807) is 37.3 Å². The van der Waals surface area contributed by atoms with E-state index >= 15 is 0 Å². The van der Waals surface area contributed by atoms with E-state index in [2.05, 4.69) is 4.99 Å². The molecule has 1 aromatic heterocycles. The van der Waals surface area contributed by atoms with Crippen LogP contribution < -0.4 is 19.6 Å². The summed E-state index contributed by atoms with van der Waals surface area (Å²) >= 11 is 1.13. The Hall–Kier alpha value is -3.98. The number of allylic oxidation sites excluding steroid dienone is 1. The summed E-state index contributed by atoms with van der Waals surface area (Å²) in [4.78, 5) is 43.1. The lowest BCUT2D eigenvalue weighted by Crippen LogP contribution is -2.40. The summed E-state index contributed by atoms with van der Waals surface area (Å²) in [6.45, 7) is 5.48. The van der Waals surface area contributed by atoms with Gasteiger partial charge >= 0.3 is 11.9 Å². The number of carboxylic acid groups (broad SMARTS) is 1. The molecule has 0 spiro atoms. The number of hydrogen-bond donors (Lipinski definition) is 1. The number of para-hydroxylation sites is 1. The fraction of sp³-hybridized carbons (Fsp3) is 0.231. The van der Waals surface area contributed by atoms with E-state index in [-0.39, 0.29) is 17.2 Å². The minimum atomic E-state index is -1.09. The molecule has 1 aliphatic rings. The average molecular weight is 493 g/mol. The van der Waals surface area contributed by atoms with Gasteiger partial charge in [-0.05, 0) is 44.5 Å². The van der Waals surface area contributed by atoms with Gasteiger partial charge in [0, 0.05) is 5.56 Å². The highest BCUT2D eigenvalue weighted by atomic mass is 32.1. The van der Waals surface area contributed by atoms with Gasteiger partial charge < -0.3 is 14.6 Å². The predicted molar refractivity (Wildman–Crippen MR) is 131 cm³/mol. The van der Waals surface area contributed by atoms with Crippen LogP contribution in [0, 0.1) is 0 Å². The first-order valence-electron chi connectivity index (χ1n) is 10.9. The van der Waals surface area contributed by atoms with E-state index in [4.69, 9.17) is 9.47 Å². The van der Waals surface area contributed by atoms with Crippen molar-refractivity contribution in [3.8, 4) is 5.75 Å². The summed E-state index contributed by atoms with van der Waals surface area (Å²) in [5.41, 5.74) is 1.37. The Balaban J connectivity index is 2.01. The minimum Gasteiger partial charge on any atom is -0.491 e. The SMILES string of the molecule is COC(=O)C1=C(C)N=c2s/c(=C\c3ccccc3C(=O)O)c(=O)n2[C@@H]1c1ccccc1OC(C)C. The van der Waals surface area contributed by atoms with Crippen LogP contribution in [-0.4, -0.2) is 34.8 Å². The number of carboxylic acids is 1. The number of aromatic nitrogens is 1. The van der Waals surface area contributed by atoms with E-state index in [0.717, 1.165) is 11.3 Å². The molecule has 8 nitrogen and oxygen atoms in total. The third kappa shape index (κ3) is 4.54. The molecular formula is C26H24N2O6S. The Morgan fingerprint density at radius 1 is 1.14 bits per heavy atom. The van der Waals surface area contributed by atoms with E-state index in [9.17, 15) is 19.5 Å². The number of benzene rings is 2. The second-order valence-electron chi connectivity index (χ2n) is 8.17. The molecular weight excluding hydrogens is 468 g/mol. The lowest BCUT2D eigenvalue weighted by Gasteiger charge is -2.26. The average Bonchev–Trinajstić information content (AvgIpc) is 3.12. The van der Waals surface area contributed by atoms with Crippen LogP contribution in [0.15, 0.2) is 69.6 Å². The maximum Gasteiger partial charge on any atom is 0.338 e. The van der Waals surface area contributed by atoms with Crippen molar-refractivity contribution < 1.29 is 24.2 Å². The number of thiazole rings is 1. The summed E-state index contributed by atoms with van der Waals surface area (Å²) in [5.74, 6) is -1.15. The first-order valence-corrected chi connectivity index (χ1v) is 11.7. The van der Waals surface area contributed by atoms with Gasteiger partial charge in [-0.2, -0.15) is 0 Å². The smallest absolute Gasteiger partial charge is 0.338 e. The van der Waals surface area contributed by atoms with Crippen LogP contribution in [0.5, 0.6) is 5.75 Å². The zero-order valence-electron chi connectivity index (χ0n) is 19.6. The number of ether oxygens (including phenoxy) is 2. The number of hydrogen-bond acceptors (Lipinski definition) is 7. The molecule has 180 valence electrons. The zero-order chi connectivity index (χ0) is 25.3. The van der Waals surface area contributed by atoms with Gasteiger partial charge in [0.1, 0.15) is 11.8 Å². The van der Waals surface area contributed by atoms with Gasteiger partial charge in [0.15, 0.2) is 4.80 Å². The minimum absolute atomic E-state index is 0.0806. The van der Waals surface area contributed by atoms with Crippen molar-refractivity contribution in [3.05, 3.63) is 96.2 Å². The molecule has 1 aliphatic heterocycles. The summed E-state index contributed by atoms with van der Waals surface area (Å²) in [5, 5.41) is 9.54. The molecule has 0 unspecified atom stereocenters. The summed E-state index contributed by atoms with van der Waals surface area (Å²) in [6, 6.07) is 12.8. The molecule has 0 bridgehead atoms. The van der Waals surface area contributed by atoms with Crippen molar-refractivity contribution in [3.63, 3.8) is 0 Å². The molecule has 4 rings (SSSR count). The van der Waals surface area contributed by atoms with Gasteiger partial charge in [0.2, 0.25) is 0 Å². The van der Waals surface area contributed by atoms with E-state index in [0.29, 0.717) is 31.9 Å². The standard InChI is InChI=1S/C26H24N2O6S/c1-14(2)34-19-12-8-7-11-18(19)22-21(25(32)33-4)15(3)27-26-28(22)23(29)20(35-26)13-16-9-5-6-10-17(16)24(30)31/h5-14,22H,1-4H3,(H,30,31)/b20-13-/t22-/m1/s1. The van der Waals surface area contributed by atoms with Crippen molar-refractivity contribution >= 4 is 29.4 Å².